The molecule has 3 nitrogen and oxygen atoms in total. The number of nitrogens with one attached hydrogen (secondary N) is 1. The minimum atomic E-state index is 0.893. The monoisotopic (exact) mass is 267 g/mol. The normalized spacial score (nSPS) is 29.7. The first-order valence-electron chi connectivity index (χ1n) is 8.30. The van der Waals surface area contributed by atoms with Gasteiger partial charge in [0.1, 0.15) is 0 Å². The van der Waals surface area contributed by atoms with E-state index in [1.807, 2.05) is 0 Å². The van der Waals surface area contributed by atoms with E-state index in [-0.39, 0.29) is 0 Å². The van der Waals surface area contributed by atoms with Crippen molar-refractivity contribution in [2.24, 2.45) is 11.8 Å². The summed E-state index contributed by atoms with van der Waals surface area (Å²) in [5.74, 6) is 1.86. The summed E-state index contributed by atoms with van der Waals surface area (Å²) in [6.45, 7) is 8.64. The van der Waals surface area contributed by atoms with Gasteiger partial charge in [-0.3, -0.25) is 0 Å². The average Bonchev–Trinajstić information content (AvgIpc) is 2.35. The van der Waals surface area contributed by atoms with Crippen LogP contribution in [0.1, 0.15) is 39.0 Å². The third-order valence-electron chi connectivity index (χ3n) is 4.95. The Morgan fingerprint density at radius 2 is 1.84 bits per heavy atom. The van der Waals surface area contributed by atoms with Gasteiger partial charge in [-0.25, -0.2) is 0 Å². The van der Waals surface area contributed by atoms with Gasteiger partial charge in [0, 0.05) is 12.6 Å². The van der Waals surface area contributed by atoms with E-state index in [2.05, 4.69) is 36.1 Å². The first-order valence-corrected chi connectivity index (χ1v) is 8.30. The van der Waals surface area contributed by atoms with Gasteiger partial charge in [-0.05, 0) is 84.2 Å². The van der Waals surface area contributed by atoms with E-state index in [4.69, 9.17) is 0 Å². The van der Waals surface area contributed by atoms with Crippen molar-refractivity contribution in [3.05, 3.63) is 0 Å². The van der Waals surface area contributed by atoms with Crippen LogP contribution in [0.3, 0.4) is 0 Å². The Balaban J connectivity index is 1.66. The second-order valence-corrected chi connectivity index (χ2v) is 6.85. The Kier molecular flexibility index (Phi) is 6.11. The van der Waals surface area contributed by atoms with Gasteiger partial charge in [0.25, 0.3) is 0 Å². The molecule has 0 aromatic carbocycles. The molecular weight excluding hydrogens is 234 g/mol. The summed E-state index contributed by atoms with van der Waals surface area (Å²) in [4.78, 5) is 5.13. The van der Waals surface area contributed by atoms with Gasteiger partial charge in [-0.15, -0.1) is 0 Å². The maximum atomic E-state index is 3.61. The highest BCUT2D eigenvalue weighted by Crippen LogP contribution is 2.34. The molecule has 0 bridgehead atoms. The summed E-state index contributed by atoms with van der Waals surface area (Å²) in [5, 5.41) is 3.61. The van der Waals surface area contributed by atoms with E-state index in [1.54, 1.807) is 0 Å². The summed E-state index contributed by atoms with van der Waals surface area (Å²) < 4.78 is 0. The standard InChI is InChI=1S/C16H33N3/c1-4-9-17-12-15-5-6-16(15)19-10-7-14(8-11-19)13-18(2)3/h14-17H,4-13H2,1-3H3. The van der Waals surface area contributed by atoms with Crippen molar-refractivity contribution in [2.45, 2.75) is 45.1 Å². The molecule has 2 fully saturated rings. The largest absolute Gasteiger partial charge is 0.316 e. The van der Waals surface area contributed by atoms with E-state index in [0.29, 0.717) is 0 Å². The third kappa shape index (κ3) is 4.44. The molecule has 19 heavy (non-hydrogen) atoms. The lowest BCUT2D eigenvalue weighted by molar-refractivity contribution is 0.0312. The summed E-state index contributed by atoms with van der Waals surface area (Å²) in [7, 11) is 4.40. The number of rotatable bonds is 7. The second kappa shape index (κ2) is 7.61. The number of hydrogen-bond donors (Lipinski definition) is 1. The molecule has 0 spiro atoms. The third-order valence-corrected chi connectivity index (χ3v) is 4.95. The summed E-state index contributed by atoms with van der Waals surface area (Å²) in [6, 6.07) is 0.893. The zero-order valence-corrected chi connectivity index (χ0v) is 13.2. The SMILES string of the molecule is CCCNCC1CCC1N1CCC(CN(C)C)CC1. The Morgan fingerprint density at radius 3 is 2.37 bits per heavy atom. The van der Waals surface area contributed by atoms with Crippen molar-refractivity contribution in [1.29, 1.82) is 0 Å². The van der Waals surface area contributed by atoms with Crippen molar-refractivity contribution >= 4 is 0 Å². The molecule has 0 aromatic rings. The number of nitrogens with zero attached hydrogens (tertiary/aromatic N) is 2. The molecule has 1 N–H and O–H groups in total. The lowest BCUT2D eigenvalue weighted by Crippen LogP contribution is -2.53. The Hall–Kier alpha value is -0.120. The van der Waals surface area contributed by atoms with Gasteiger partial charge in [0.05, 0.1) is 0 Å². The van der Waals surface area contributed by atoms with Gasteiger partial charge < -0.3 is 15.1 Å². The van der Waals surface area contributed by atoms with Crippen LogP contribution < -0.4 is 5.32 Å². The molecule has 0 radical (unpaired) electrons. The van der Waals surface area contributed by atoms with Crippen molar-refractivity contribution in [3.8, 4) is 0 Å². The first kappa shape index (κ1) is 15.3. The Labute approximate surface area is 119 Å². The van der Waals surface area contributed by atoms with E-state index < -0.39 is 0 Å². The second-order valence-electron chi connectivity index (χ2n) is 6.85. The molecule has 0 amide bonds. The van der Waals surface area contributed by atoms with E-state index in [0.717, 1.165) is 17.9 Å². The lowest BCUT2D eigenvalue weighted by atomic mass is 9.77. The predicted octanol–water partition coefficient (Wildman–Crippen LogP) is 2.04. The van der Waals surface area contributed by atoms with Gasteiger partial charge in [-0.1, -0.05) is 6.92 Å². The minimum absolute atomic E-state index is 0.893. The van der Waals surface area contributed by atoms with Crippen molar-refractivity contribution in [3.63, 3.8) is 0 Å². The van der Waals surface area contributed by atoms with Crippen LogP contribution in [0.2, 0.25) is 0 Å². The average molecular weight is 267 g/mol. The van der Waals surface area contributed by atoms with E-state index >= 15 is 0 Å². The fourth-order valence-electron chi connectivity index (χ4n) is 3.72. The van der Waals surface area contributed by atoms with Crippen LogP contribution in [0.5, 0.6) is 0 Å². The van der Waals surface area contributed by atoms with Crippen LogP contribution in [0, 0.1) is 11.8 Å². The first-order chi connectivity index (χ1) is 9.20. The molecule has 1 saturated heterocycles. The lowest BCUT2D eigenvalue weighted by Gasteiger charge is -2.47. The van der Waals surface area contributed by atoms with Gasteiger partial charge >= 0.3 is 0 Å². The molecule has 1 saturated carbocycles. The van der Waals surface area contributed by atoms with Crippen molar-refractivity contribution in [1.82, 2.24) is 15.1 Å². The van der Waals surface area contributed by atoms with E-state index in [9.17, 15) is 0 Å². The highest BCUT2D eigenvalue weighted by atomic mass is 15.2. The molecule has 112 valence electrons. The van der Waals surface area contributed by atoms with Crippen molar-refractivity contribution < 1.29 is 0 Å². The molecule has 3 heteroatoms. The van der Waals surface area contributed by atoms with Gasteiger partial charge in [0.2, 0.25) is 0 Å². The summed E-state index contributed by atoms with van der Waals surface area (Å²) in [6.07, 6.45) is 6.96. The molecule has 1 aliphatic carbocycles. The molecule has 2 unspecified atom stereocenters. The molecule has 2 atom stereocenters. The van der Waals surface area contributed by atoms with Crippen LogP contribution in [0.4, 0.5) is 0 Å². The van der Waals surface area contributed by atoms with Gasteiger partial charge in [0.15, 0.2) is 0 Å². The number of hydrogen-bond acceptors (Lipinski definition) is 3. The summed E-state index contributed by atoms with van der Waals surface area (Å²) >= 11 is 0. The van der Waals surface area contributed by atoms with E-state index in [1.165, 1.54) is 64.8 Å². The van der Waals surface area contributed by atoms with Crippen LogP contribution in [0.15, 0.2) is 0 Å². The molecule has 2 aliphatic rings. The molecule has 0 aromatic heterocycles. The van der Waals surface area contributed by atoms with Crippen LogP contribution in [-0.2, 0) is 0 Å². The summed E-state index contributed by atoms with van der Waals surface area (Å²) in [5.41, 5.74) is 0. The fourth-order valence-corrected chi connectivity index (χ4v) is 3.72. The van der Waals surface area contributed by atoms with Crippen LogP contribution in [-0.4, -0.2) is 62.7 Å². The maximum absolute atomic E-state index is 3.61. The molecule has 1 aliphatic heterocycles. The molecule has 2 rings (SSSR count). The van der Waals surface area contributed by atoms with Crippen LogP contribution in [0.25, 0.3) is 0 Å². The van der Waals surface area contributed by atoms with Gasteiger partial charge in [-0.2, -0.15) is 0 Å². The van der Waals surface area contributed by atoms with Crippen molar-refractivity contribution in [2.75, 3.05) is 46.8 Å². The minimum Gasteiger partial charge on any atom is -0.316 e. The smallest absolute Gasteiger partial charge is 0.0136 e. The maximum Gasteiger partial charge on any atom is 0.0136 e. The number of likely N-dealkylation sites (tertiary alicyclic amines) is 1. The molecule has 1 heterocycles. The zero-order chi connectivity index (χ0) is 13.7. The quantitative estimate of drug-likeness (QED) is 0.712. The highest BCUT2D eigenvalue weighted by molar-refractivity contribution is 4.91. The Morgan fingerprint density at radius 1 is 1.11 bits per heavy atom. The van der Waals surface area contributed by atoms with Crippen LogP contribution >= 0.6 is 0 Å². The highest BCUT2D eigenvalue weighted by Gasteiger charge is 2.36. The molecular formula is C16H33N3. The fraction of sp³-hybridized carbons (Fsp3) is 1.00. The zero-order valence-electron chi connectivity index (χ0n) is 13.2. The topological polar surface area (TPSA) is 18.5 Å². The predicted molar refractivity (Wildman–Crippen MR) is 82.5 cm³/mol. The number of piperidine rings is 1. The Bertz CT molecular complexity index is 246.